The van der Waals surface area contributed by atoms with Gasteiger partial charge in [0, 0.05) is 25.4 Å². The average molecular weight is 136 g/mol. The molecule has 10 heavy (non-hydrogen) atoms. The van der Waals surface area contributed by atoms with Gasteiger partial charge in [-0.15, -0.1) is 6.58 Å². The highest BCUT2D eigenvalue weighted by molar-refractivity contribution is 4.96. The number of allylic oxidation sites excluding steroid dienone is 1. The van der Waals surface area contributed by atoms with Crippen molar-refractivity contribution in [3.63, 3.8) is 0 Å². The van der Waals surface area contributed by atoms with E-state index in [0.717, 1.165) is 18.8 Å². The zero-order chi connectivity index (χ0) is 7.40. The third-order valence-electron chi connectivity index (χ3n) is 1.47. The minimum absolute atomic E-state index is 0.862. The molecule has 2 heteroatoms. The van der Waals surface area contributed by atoms with Crippen LogP contribution in [0.25, 0.3) is 0 Å². The summed E-state index contributed by atoms with van der Waals surface area (Å²) in [6.07, 6.45) is 6.54. The van der Waals surface area contributed by atoms with E-state index in [2.05, 4.69) is 23.1 Å². The Morgan fingerprint density at radius 1 is 1.80 bits per heavy atom. The monoisotopic (exact) mass is 136 g/mol. The van der Waals surface area contributed by atoms with Gasteiger partial charge in [0.15, 0.2) is 0 Å². The van der Waals surface area contributed by atoms with Crippen molar-refractivity contribution < 1.29 is 0 Å². The van der Waals surface area contributed by atoms with Gasteiger partial charge < -0.3 is 4.57 Å². The first kappa shape index (κ1) is 7.06. The first-order chi connectivity index (χ1) is 4.88. The Morgan fingerprint density at radius 2 is 2.60 bits per heavy atom. The second-order valence-electron chi connectivity index (χ2n) is 2.12. The van der Waals surface area contributed by atoms with E-state index < -0.39 is 0 Å². The molecule has 1 aromatic heterocycles. The molecule has 0 unspecified atom stereocenters. The zero-order valence-corrected chi connectivity index (χ0v) is 6.25. The SMILES string of the molecule is C=CCc1nccn1CC. The third kappa shape index (κ3) is 1.26. The van der Waals surface area contributed by atoms with Crippen LogP contribution in [0.15, 0.2) is 25.0 Å². The Labute approximate surface area is 61.2 Å². The minimum atomic E-state index is 0.862. The Balaban J connectivity index is 2.79. The molecular weight excluding hydrogens is 124 g/mol. The molecule has 1 aromatic rings. The lowest BCUT2D eigenvalue weighted by atomic mass is 10.4. The number of hydrogen-bond acceptors (Lipinski definition) is 1. The molecule has 0 saturated carbocycles. The van der Waals surface area contributed by atoms with Crippen LogP contribution in [-0.4, -0.2) is 9.55 Å². The van der Waals surface area contributed by atoms with Gasteiger partial charge in [-0.1, -0.05) is 6.08 Å². The van der Waals surface area contributed by atoms with Gasteiger partial charge in [-0.25, -0.2) is 4.98 Å². The molecule has 0 fully saturated rings. The fraction of sp³-hybridized carbons (Fsp3) is 0.375. The van der Waals surface area contributed by atoms with Gasteiger partial charge in [0.1, 0.15) is 5.82 Å². The fourth-order valence-electron chi connectivity index (χ4n) is 0.947. The van der Waals surface area contributed by atoms with Gasteiger partial charge in [0.25, 0.3) is 0 Å². The van der Waals surface area contributed by atoms with Crippen LogP contribution in [0.5, 0.6) is 0 Å². The van der Waals surface area contributed by atoms with Crippen molar-refractivity contribution in [3.05, 3.63) is 30.9 Å². The molecule has 1 heterocycles. The van der Waals surface area contributed by atoms with Crippen LogP contribution >= 0.6 is 0 Å². The molecule has 0 aliphatic carbocycles. The number of nitrogens with zero attached hydrogens (tertiary/aromatic N) is 2. The molecule has 1 rings (SSSR count). The Bertz CT molecular complexity index is 213. The number of aryl methyl sites for hydroxylation is 1. The largest absolute Gasteiger partial charge is 0.335 e. The first-order valence-corrected chi connectivity index (χ1v) is 3.49. The van der Waals surface area contributed by atoms with Crippen molar-refractivity contribution in [1.29, 1.82) is 0 Å². The summed E-state index contributed by atoms with van der Waals surface area (Å²) in [7, 11) is 0. The fourth-order valence-corrected chi connectivity index (χ4v) is 0.947. The Hall–Kier alpha value is -1.05. The van der Waals surface area contributed by atoms with Gasteiger partial charge >= 0.3 is 0 Å². The molecule has 2 nitrogen and oxygen atoms in total. The Morgan fingerprint density at radius 3 is 3.20 bits per heavy atom. The van der Waals surface area contributed by atoms with Crippen LogP contribution in [0.2, 0.25) is 0 Å². The van der Waals surface area contributed by atoms with Crippen molar-refractivity contribution in [2.45, 2.75) is 19.9 Å². The number of aromatic nitrogens is 2. The maximum absolute atomic E-state index is 4.17. The molecule has 54 valence electrons. The van der Waals surface area contributed by atoms with Gasteiger partial charge in [-0.3, -0.25) is 0 Å². The molecule has 0 atom stereocenters. The quantitative estimate of drug-likeness (QED) is 0.577. The van der Waals surface area contributed by atoms with E-state index in [9.17, 15) is 0 Å². The molecule has 0 aliphatic rings. The lowest BCUT2D eigenvalue weighted by molar-refractivity contribution is 0.716. The second-order valence-corrected chi connectivity index (χ2v) is 2.12. The van der Waals surface area contributed by atoms with Crippen molar-refractivity contribution in [2.24, 2.45) is 0 Å². The van der Waals surface area contributed by atoms with Gasteiger partial charge in [-0.05, 0) is 6.92 Å². The standard InChI is InChI=1S/C8H12N2/c1-3-5-8-9-6-7-10(8)4-2/h3,6-7H,1,4-5H2,2H3. The third-order valence-corrected chi connectivity index (χ3v) is 1.47. The average Bonchev–Trinajstić information content (AvgIpc) is 2.36. The van der Waals surface area contributed by atoms with E-state index in [4.69, 9.17) is 0 Å². The van der Waals surface area contributed by atoms with Crippen LogP contribution in [-0.2, 0) is 13.0 Å². The lowest BCUT2D eigenvalue weighted by Gasteiger charge is -1.99. The van der Waals surface area contributed by atoms with Gasteiger partial charge in [0.05, 0.1) is 0 Å². The highest BCUT2D eigenvalue weighted by Gasteiger charge is 1.95. The number of imidazole rings is 1. The molecule has 0 bridgehead atoms. The van der Waals surface area contributed by atoms with E-state index in [1.54, 1.807) is 0 Å². The van der Waals surface area contributed by atoms with Crippen molar-refractivity contribution in [3.8, 4) is 0 Å². The predicted molar refractivity (Wildman–Crippen MR) is 41.8 cm³/mol. The van der Waals surface area contributed by atoms with E-state index in [-0.39, 0.29) is 0 Å². The van der Waals surface area contributed by atoms with Crippen molar-refractivity contribution in [2.75, 3.05) is 0 Å². The number of hydrogen-bond donors (Lipinski definition) is 0. The summed E-state index contributed by atoms with van der Waals surface area (Å²) in [5, 5.41) is 0. The molecule has 0 aliphatic heterocycles. The zero-order valence-electron chi connectivity index (χ0n) is 6.25. The summed E-state index contributed by atoms with van der Waals surface area (Å²) in [6, 6.07) is 0. The number of rotatable bonds is 3. The van der Waals surface area contributed by atoms with Crippen LogP contribution in [0.4, 0.5) is 0 Å². The summed E-state index contributed by atoms with van der Waals surface area (Å²) >= 11 is 0. The summed E-state index contributed by atoms with van der Waals surface area (Å²) in [5.74, 6) is 1.09. The minimum Gasteiger partial charge on any atom is -0.335 e. The lowest BCUT2D eigenvalue weighted by Crippen LogP contribution is -1.98. The summed E-state index contributed by atoms with van der Waals surface area (Å²) in [5.41, 5.74) is 0. The molecule has 0 N–H and O–H groups in total. The van der Waals surface area contributed by atoms with Crippen LogP contribution < -0.4 is 0 Å². The molecule has 0 amide bonds. The normalized spacial score (nSPS) is 9.70. The van der Waals surface area contributed by atoms with Crippen LogP contribution in [0.3, 0.4) is 0 Å². The van der Waals surface area contributed by atoms with E-state index >= 15 is 0 Å². The Kier molecular flexibility index (Phi) is 2.26. The van der Waals surface area contributed by atoms with E-state index in [1.165, 1.54) is 0 Å². The highest BCUT2D eigenvalue weighted by Crippen LogP contribution is 1.97. The maximum atomic E-state index is 4.17. The highest BCUT2D eigenvalue weighted by atomic mass is 15.0. The van der Waals surface area contributed by atoms with Crippen LogP contribution in [0.1, 0.15) is 12.7 Å². The van der Waals surface area contributed by atoms with Crippen LogP contribution in [0, 0.1) is 0 Å². The summed E-state index contributed by atoms with van der Waals surface area (Å²) in [4.78, 5) is 4.17. The van der Waals surface area contributed by atoms with Gasteiger partial charge in [0.2, 0.25) is 0 Å². The van der Waals surface area contributed by atoms with Gasteiger partial charge in [-0.2, -0.15) is 0 Å². The molecule has 0 spiro atoms. The smallest absolute Gasteiger partial charge is 0.112 e. The maximum Gasteiger partial charge on any atom is 0.112 e. The van der Waals surface area contributed by atoms with Crippen molar-refractivity contribution in [1.82, 2.24) is 9.55 Å². The predicted octanol–water partition coefficient (Wildman–Crippen LogP) is 1.63. The molecule has 0 radical (unpaired) electrons. The summed E-state index contributed by atoms with van der Waals surface area (Å²) in [6.45, 7) is 6.75. The molecular formula is C8H12N2. The van der Waals surface area contributed by atoms with Crippen molar-refractivity contribution >= 4 is 0 Å². The van der Waals surface area contributed by atoms with E-state index in [1.807, 2.05) is 18.5 Å². The topological polar surface area (TPSA) is 17.8 Å². The summed E-state index contributed by atoms with van der Waals surface area (Å²) < 4.78 is 2.11. The van der Waals surface area contributed by atoms with E-state index in [0.29, 0.717) is 0 Å². The molecule has 0 aromatic carbocycles. The first-order valence-electron chi connectivity index (χ1n) is 3.49. The molecule has 0 saturated heterocycles. The second kappa shape index (κ2) is 3.20.